The summed E-state index contributed by atoms with van der Waals surface area (Å²) < 4.78 is 25.5. The molecule has 0 bridgehead atoms. The number of rotatable bonds is 9. The number of ether oxygens (including phenoxy) is 4. The van der Waals surface area contributed by atoms with E-state index >= 15 is 0 Å². The van der Waals surface area contributed by atoms with Crippen LogP contribution in [0.25, 0.3) is 22.3 Å². The van der Waals surface area contributed by atoms with Crippen LogP contribution >= 0.6 is 11.6 Å². The van der Waals surface area contributed by atoms with E-state index in [0.29, 0.717) is 39.8 Å². The third-order valence-electron chi connectivity index (χ3n) is 9.02. The normalized spacial score (nSPS) is 20.0. The van der Waals surface area contributed by atoms with Gasteiger partial charge in [0.15, 0.2) is 11.8 Å². The predicted molar refractivity (Wildman–Crippen MR) is 177 cm³/mol. The second-order valence-electron chi connectivity index (χ2n) is 12.2. The number of methoxy groups -OCH3 is 1. The Labute approximate surface area is 287 Å². The van der Waals surface area contributed by atoms with Gasteiger partial charge in [0.05, 0.1) is 43.2 Å². The van der Waals surface area contributed by atoms with Gasteiger partial charge in [-0.25, -0.2) is 19.6 Å². The molecule has 0 N–H and O–H groups in total. The van der Waals surface area contributed by atoms with Gasteiger partial charge in [0.1, 0.15) is 18.2 Å². The first-order valence-corrected chi connectivity index (χ1v) is 16.4. The van der Waals surface area contributed by atoms with Crippen molar-refractivity contribution in [2.24, 2.45) is 5.92 Å². The SMILES string of the molecule is COC(=O)[C@@H]1C[C@H](OC(C)=O)C[C@H](Oc2ccc(Cl)cc2N(C)C(=O)n2ccc3c(-c4cnn([C@H](CC#N)C5CCCC5)c4)ncnc32)O1. The van der Waals surface area contributed by atoms with E-state index in [4.69, 9.17) is 30.5 Å². The van der Waals surface area contributed by atoms with Gasteiger partial charge in [-0.15, -0.1) is 0 Å². The number of anilines is 1. The standard InChI is InChI=1S/C34H36ClN7O7/c1-20(43)47-24-15-29(33(44)46-3)49-30(16-24)48-28-9-8-23(35)14-27(28)40(2)34(45)41-13-11-25-31(37-19-38-32(25)41)22-17-39-42(18-22)26(10-12-36)21-6-4-5-7-21/h8-9,11,13-14,17-19,21,24,26,29-30H,4-7,10,15-16H2,1-3H3/t24-,26+,29-,30+/m0/s1. The molecule has 4 heterocycles. The zero-order valence-corrected chi connectivity index (χ0v) is 28.1. The Morgan fingerprint density at radius 2 is 1.98 bits per heavy atom. The summed E-state index contributed by atoms with van der Waals surface area (Å²) in [5, 5.41) is 15.1. The Morgan fingerprint density at radius 1 is 1.18 bits per heavy atom. The van der Waals surface area contributed by atoms with Gasteiger partial charge in [-0.1, -0.05) is 24.4 Å². The molecule has 1 aromatic carbocycles. The molecule has 3 aromatic heterocycles. The van der Waals surface area contributed by atoms with E-state index in [1.165, 1.54) is 29.8 Å². The third kappa shape index (κ3) is 7.23. The van der Waals surface area contributed by atoms with Gasteiger partial charge >= 0.3 is 18.0 Å². The fourth-order valence-electron chi connectivity index (χ4n) is 6.68. The second-order valence-corrected chi connectivity index (χ2v) is 12.6. The molecule has 2 fully saturated rings. The molecule has 2 aliphatic rings. The first-order chi connectivity index (χ1) is 23.7. The quantitative estimate of drug-likeness (QED) is 0.198. The molecular weight excluding hydrogens is 654 g/mol. The van der Waals surface area contributed by atoms with Crippen molar-refractivity contribution in [1.82, 2.24) is 24.3 Å². The van der Waals surface area contributed by atoms with Crippen LogP contribution in [0.2, 0.25) is 5.02 Å². The van der Waals surface area contributed by atoms with Gasteiger partial charge in [-0.3, -0.25) is 18.9 Å². The fourth-order valence-corrected chi connectivity index (χ4v) is 6.85. The van der Waals surface area contributed by atoms with Gasteiger partial charge < -0.3 is 18.9 Å². The van der Waals surface area contributed by atoms with Crippen LogP contribution in [0.4, 0.5) is 10.5 Å². The number of hydrogen-bond donors (Lipinski definition) is 0. The molecule has 1 saturated carbocycles. The highest BCUT2D eigenvalue weighted by Crippen LogP contribution is 2.38. The van der Waals surface area contributed by atoms with Gasteiger partial charge in [0.25, 0.3) is 0 Å². The number of amides is 1. The lowest BCUT2D eigenvalue weighted by molar-refractivity contribution is -0.204. The highest BCUT2D eigenvalue weighted by atomic mass is 35.5. The molecule has 15 heteroatoms. The molecule has 256 valence electrons. The molecule has 4 atom stereocenters. The molecule has 49 heavy (non-hydrogen) atoms. The highest BCUT2D eigenvalue weighted by Gasteiger charge is 2.38. The summed E-state index contributed by atoms with van der Waals surface area (Å²) in [6, 6.07) is 8.37. The van der Waals surface area contributed by atoms with Gasteiger partial charge in [-0.2, -0.15) is 10.4 Å². The number of fused-ring (bicyclic) bond motifs is 1. The minimum Gasteiger partial charge on any atom is -0.467 e. The molecule has 0 unspecified atom stereocenters. The average molecular weight is 690 g/mol. The Kier molecular flexibility index (Phi) is 10.1. The van der Waals surface area contributed by atoms with Crippen molar-refractivity contribution in [3.63, 3.8) is 0 Å². The first kappa shape index (κ1) is 33.9. The number of nitriles is 1. The first-order valence-electron chi connectivity index (χ1n) is 16.0. The summed E-state index contributed by atoms with van der Waals surface area (Å²) in [5.74, 6) is -0.482. The molecule has 4 aromatic rings. The van der Waals surface area contributed by atoms with Crippen molar-refractivity contribution >= 4 is 46.3 Å². The maximum atomic E-state index is 14.0. The van der Waals surface area contributed by atoms with Crippen LogP contribution in [-0.4, -0.2) is 74.9 Å². The van der Waals surface area contributed by atoms with Crippen molar-refractivity contribution < 1.29 is 33.3 Å². The van der Waals surface area contributed by atoms with Crippen LogP contribution in [-0.2, 0) is 23.8 Å². The summed E-state index contributed by atoms with van der Waals surface area (Å²) in [5.41, 5.74) is 2.06. The van der Waals surface area contributed by atoms with E-state index in [2.05, 4.69) is 21.1 Å². The molecule has 1 aliphatic carbocycles. The number of carbonyl (C=O) groups is 3. The summed E-state index contributed by atoms with van der Waals surface area (Å²) in [6.07, 6.45) is 9.09. The second kappa shape index (κ2) is 14.6. The lowest BCUT2D eigenvalue weighted by Gasteiger charge is -2.34. The van der Waals surface area contributed by atoms with Crippen LogP contribution in [0.5, 0.6) is 5.75 Å². The molecule has 14 nitrogen and oxygen atoms in total. The number of benzene rings is 1. The Morgan fingerprint density at radius 3 is 2.71 bits per heavy atom. The van der Waals surface area contributed by atoms with E-state index in [1.54, 1.807) is 43.7 Å². The highest BCUT2D eigenvalue weighted by molar-refractivity contribution is 6.31. The molecular formula is C34H36ClN7O7. The van der Waals surface area contributed by atoms with Crippen molar-refractivity contribution in [2.45, 2.75) is 76.4 Å². The average Bonchev–Trinajstić information content (AvgIpc) is 3.88. The predicted octanol–water partition coefficient (Wildman–Crippen LogP) is 5.69. The van der Waals surface area contributed by atoms with Crippen LogP contribution in [0.3, 0.4) is 0 Å². The van der Waals surface area contributed by atoms with Gasteiger partial charge in [0.2, 0.25) is 6.29 Å². The third-order valence-corrected chi connectivity index (χ3v) is 9.25. The van der Waals surface area contributed by atoms with Gasteiger partial charge in [-0.05, 0) is 43.0 Å². The largest absolute Gasteiger partial charge is 0.467 e. The van der Waals surface area contributed by atoms with E-state index in [-0.39, 0.29) is 24.6 Å². The number of carbonyl (C=O) groups excluding carboxylic acids is 3. The number of aromatic nitrogens is 5. The maximum Gasteiger partial charge on any atom is 0.335 e. The molecule has 1 saturated heterocycles. The Balaban J connectivity index is 1.26. The van der Waals surface area contributed by atoms with Crippen molar-refractivity contribution in [3.8, 4) is 23.1 Å². The monoisotopic (exact) mass is 689 g/mol. The van der Waals surface area contributed by atoms with E-state index in [0.717, 1.165) is 31.2 Å². The lowest BCUT2D eigenvalue weighted by atomic mass is 9.96. The summed E-state index contributed by atoms with van der Waals surface area (Å²) in [7, 11) is 2.81. The smallest absolute Gasteiger partial charge is 0.335 e. The molecule has 0 radical (unpaired) electrons. The summed E-state index contributed by atoms with van der Waals surface area (Å²) >= 11 is 6.37. The van der Waals surface area contributed by atoms with Crippen molar-refractivity contribution in [3.05, 3.63) is 54.2 Å². The Bertz CT molecular complexity index is 1900. The zero-order chi connectivity index (χ0) is 34.7. The molecule has 0 spiro atoms. The van der Waals surface area contributed by atoms with E-state index in [9.17, 15) is 19.6 Å². The fraction of sp³-hybridized carbons (Fsp3) is 0.441. The number of hydrogen-bond acceptors (Lipinski definition) is 11. The summed E-state index contributed by atoms with van der Waals surface area (Å²) in [4.78, 5) is 48.3. The van der Waals surface area contributed by atoms with Gasteiger partial charge in [0, 0.05) is 55.2 Å². The van der Waals surface area contributed by atoms with Crippen molar-refractivity contribution in [1.29, 1.82) is 5.26 Å². The molecule has 6 rings (SSSR count). The van der Waals surface area contributed by atoms with E-state index in [1.807, 2.05) is 10.9 Å². The maximum absolute atomic E-state index is 14.0. The minimum atomic E-state index is -1.02. The zero-order valence-electron chi connectivity index (χ0n) is 27.3. The lowest BCUT2D eigenvalue weighted by Crippen LogP contribution is -2.44. The van der Waals surface area contributed by atoms with E-state index < -0.39 is 36.5 Å². The van der Waals surface area contributed by atoms with Crippen LogP contribution in [0.1, 0.15) is 57.9 Å². The molecule has 1 amide bonds. The van der Waals surface area contributed by atoms with Crippen LogP contribution < -0.4 is 9.64 Å². The number of halogens is 1. The Hall–Kier alpha value is -5.00. The van der Waals surface area contributed by atoms with Crippen LogP contribution in [0, 0.1) is 17.2 Å². The molecule has 1 aliphatic heterocycles. The topological polar surface area (TPSA) is 164 Å². The summed E-state index contributed by atoms with van der Waals surface area (Å²) in [6.45, 7) is 1.28. The number of nitrogens with zero attached hydrogens (tertiary/aromatic N) is 7. The number of esters is 2. The van der Waals surface area contributed by atoms with Crippen LogP contribution in [0.15, 0.2) is 49.2 Å². The van der Waals surface area contributed by atoms with Crippen molar-refractivity contribution in [2.75, 3.05) is 19.1 Å². The minimum absolute atomic E-state index is 0.00887.